The molecular weight excluding hydrogens is 232 g/mol. The first-order chi connectivity index (χ1) is 7.18. The van der Waals surface area contributed by atoms with Crippen LogP contribution in [-0.2, 0) is 0 Å². The van der Waals surface area contributed by atoms with Crippen molar-refractivity contribution >= 4 is 28.9 Å². The Morgan fingerprint density at radius 2 is 2.13 bits per heavy atom. The molecule has 1 aromatic carbocycles. The zero-order valence-corrected chi connectivity index (χ0v) is 9.18. The smallest absolute Gasteiger partial charge is 0.336 e. The Balaban J connectivity index is 2.63. The van der Waals surface area contributed by atoms with Crippen molar-refractivity contribution in [2.45, 2.75) is 0 Å². The van der Waals surface area contributed by atoms with Crippen LogP contribution in [0.1, 0.15) is 10.4 Å². The van der Waals surface area contributed by atoms with Gasteiger partial charge in [0.05, 0.1) is 5.56 Å². The second-order valence-electron chi connectivity index (χ2n) is 2.97. The summed E-state index contributed by atoms with van der Waals surface area (Å²) in [5.41, 5.74) is 0.951. The number of halogens is 1. The minimum absolute atomic E-state index is 0.279. The standard InChI is InChI=1S/C11H7ClO2S/c12-7-3-4-8(11(13)14)9(6-7)10-2-1-5-15-10/h1-6H,(H,13,14). The maximum Gasteiger partial charge on any atom is 0.336 e. The normalized spacial score (nSPS) is 10.2. The van der Waals surface area contributed by atoms with Gasteiger partial charge in [0, 0.05) is 15.5 Å². The number of benzene rings is 1. The largest absolute Gasteiger partial charge is 0.478 e. The quantitative estimate of drug-likeness (QED) is 0.865. The highest BCUT2D eigenvalue weighted by molar-refractivity contribution is 7.13. The van der Waals surface area contributed by atoms with Gasteiger partial charge in [-0.25, -0.2) is 4.79 Å². The summed E-state index contributed by atoms with van der Waals surface area (Å²) in [6.07, 6.45) is 0. The number of aromatic carboxylic acids is 1. The lowest BCUT2D eigenvalue weighted by atomic mass is 10.1. The Hall–Kier alpha value is -1.32. The van der Waals surface area contributed by atoms with Gasteiger partial charge in [-0.2, -0.15) is 0 Å². The molecule has 4 heteroatoms. The second kappa shape index (κ2) is 4.04. The van der Waals surface area contributed by atoms with Crippen LogP contribution in [0.25, 0.3) is 10.4 Å². The summed E-state index contributed by atoms with van der Waals surface area (Å²) in [6, 6.07) is 8.55. The third-order valence-electron chi connectivity index (χ3n) is 2.00. The van der Waals surface area contributed by atoms with E-state index < -0.39 is 5.97 Å². The molecule has 0 aliphatic rings. The molecular formula is C11H7ClO2S. The van der Waals surface area contributed by atoms with Crippen molar-refractivity contribution in [2.75, 3.05) is 0 Å². The van der Waals surface area contributed by atoms with E-state index in [1.165, 1.54) is 17.4 Å². The topological polar surface area (TPSA) is 37.3 Å². The second-order valence-corrected chi connectivity index (χ2v) is 4.36. The van der Waals surface area contributed by atoms with E-state index in [0.717, 1.165) is 4.88 Å². The molecule has 1 N–H and O–H groups in total. The Bertz CT molecular complexity index is 491. The van der Waals surface area contributed by atoms with E-state index in [1.807, 2.05) is 17.5 Å². The van der Waals surface area contributed by atoms with E-state index >= 15 is 0 Å². The molecule has 2 nitrogen and oxygen atoms in total. The highest BCUT2D eigenvalue weighted by atomic mass is 35.5. The van der Waals surface area contributed by atoms with Gasteiger partial charge in [-0.3, -0.25) is 0 Å². The lowest BCUT2D eigenvalue weighted by Crippen LogP contribution is -1.98. The molecule has 1 aromatic heterocycles. The van der Waals surface area contributed by atoms with Gasteiger partial charge in [0.1, 0.15) is 0 Å². The summed E-state index contributed by atoms with van der Waals surface area (Å²) in [5.74, 6) is -0.935. The first kappa shape index (κ1) is 10.2. The molecule has 76 valence electrons. The van der Waals surface area contributed by atoms with E-state index in [1.54, 1.807) is 12.1 Å². The zero-order valence-electron chi connectivity index (χ0n) is 7.61. The van der Waals surface area contributed by atoms with Gasteiger partial charge in [0.25, 0.3) is 0 Å². The maximum absolute atomic E-state index is 11.0. The molecule has 0 fully saturated rings. The van der Waals surface area contributed by atoms with E-state index in [2.05, 4.69) is 0 Å². The van der Waals surface area contributed by atoms with E-state index in [9.17, 15) is 4.79 Å². The van der Waals surface area contributed by atoms with Crippen LogP contribution in [-0.4, -0.2) is 11.1 Å². The number of hydrogen-bond donors (Lipinski definition) is 1. The molecule has 0 saturated carbocycles. The lowest BCUT2D eigenvalue weighted by molar-refractivity contribution is 0.0698. The molecule has 0 atom stereocenters. The monoisotopic (exact) mass is 238 g/mol. The van der Waals surface area contributed by atoms with Gasteiger partial charge < -0.3 is 5.11 Å². The summed E-state index contributed by atoms with van der Waals surface area (Å²) >= 11 is 7.34. The van der Waals surface area contributed by atoms with Crippen LogP contribution in [0.4, 0.5) is 0 Å². The third-order valence-corrected chi connectivity index (χ3v) is 3.14. The summed E-state index contributed by atoms with van der Waals surface area (Å²) in [6.45, 7) is 0. The number of carboxylic acids is 1. The van der Waals surface area contributed by atoms with Crippen LogP contribution < -0.4 is 0 Å². The van der Waals surface area contributed by atoms with Crippen molar-refractivity contribution in [3.8, 4) is 10.4 Å². The van der Waals surface area contributed by atoms with E-state index in [0.29, 0.717) is 10.6 Å². The maximum atomic E-state index is 11.0. The lowest BCUT2D eigenvalue weighted by Gasteiger charge is -2.03. The highest BCUT2D eigenvalue weighted by Gasteiger charge is 2.12. The van der Waals surface area contributed by atoms with Gasteiger partial charge >= 0.3 is 5.97 Å². The minimum Gasteiger partial charge on any atom is -0.478 e. The molecule has 0 unspecified atom stereocenters. The Morgan fingerprint density at radius 1 is 1.33 bits per heavy atom. The fourth-order valence-electron chi connectivity index (χ4n) is 1.34. The van der Waals surface area contributed by atoms with Gasteiger partial charge in [-0.1, -0.05) is 17.7 Å². The van der Waals surface area contributed by atoms with E-state index in [-0.39, 0.29) is 5.56 Å². The Morgan fingerprint density at radius 3 is 2.73 bits per heavy atom. The van der Waals surface area contributed by atoms with Crippen LogP contribution in [0, 0.1) is 0 Å². The van der Waals surface area contributed by atoms with Crippen molar-refractivity contribution in [3.05, 3.63) is 46.3 Å². The first-order valence-corrected chi connectivity index (χ1v) is 5.51. The van der Waals surface area contributed by atoms with E-state index in [4.69, 9.17) is 16.7 Å². The number of thiophene rings is 1. The van der Waals surface area contributed by atoms with Crippen molar-refractivity contribution in [1.29, 1.82) is 0 Å². The number of rotatable bonds is 2. The van der Waals surface area contributed by atoms with Crippen molar-refractivity contribution in [2.24, 2.45) is 0 Å². The van der Waals surface area contributed by atoms with Gasteiger partial charge in [-0.15, -0.1) is 11.3 Å². The molecule has 15 heavy (non-hydrogen) atoms. The molecule has 0 radical (unpaired) electrons. The van der Waals surface area contributed by atoms with Gasteiger partial charge in [-0.05, 0) is 29.6 Å². The summed E-state index contributed by atoms with van der Waals surface area (Å²) < 4.78 is 0. The highest BCUT2D eigenvalue weighted by Crippen LogP contribution is 2.30. The predicted molar refractivity (Wildman–Crippen MR) is 61.7 cm³/mol. The number of carboxylic acid groups (broad SMARTS) is 1. The number of hydrogen-bond acceptors (Lipinski definition) is 2. The van der Waals surface area contributed by atoms with Crippen molar-refractivity contribution in [3.63, 3.8) is 0 Å². The zero-order chi connectivity index (χ0) is 10.8. The van der Waals surface area contributed by atoms with Crippen molar-refractivity contribution < 1.29 is 9.90 Å². The van der Waals surface area contributed by atoms with Gasteiger partial charge in [0.15, 0.2) is 0 Å². The van der Waals surface area contributed by atoms with Crippen LogP contribution in [0.3, 0.4) is 0 Å². The molecule has 0 spiro atoms. The van der Waals surface area contributed by atoms with Crippen LogP contribution >= 0.6 is 22.9 Å². The predicted octanol–water partition coefficient (Wildman–Crippen LogP) is 3.77. The molecule has 0 amide bonds. The molecule has 2 rings (SSSR count). The molecule has 0 aliphatic carbocycles. The van der Waals surface area contributed by atoms with Crippen molar-refractivity contribution in [1.82, 2.24) is 0 Å². The summed E-state index contributed by atoms with van der Waals surface area (Å²) in [5, 5.41) is 11.5. The third kappa shape index (κ3) is 2.03. The fourth-order valence-corrected chi connectivity index (χ4v) is 2.27. The average molecular weight is 239 g/mol. The SMILES string of the molecule is O=C(O)c1ccc(Cl)cc1-c1cccs1. The minimum atomic E-state index is -0.935. The van der Waals surface area contributed by atoms with Crippen LogP contribution in [0.15, 0.2) is 35.7 Å². The summed E-state index contributed by atoms with van der Waals surface area (Å²) in [7, 11) is 0. The molecule has 0 saturated heterocycles. The Kier molecular flexibility index (Phi) is 2.75. The van der Waals surface area contributed by atoms with Crippen LogP contribution in [0.2, 0.25) is 5.02 Å². The fraction of sp³-hybridized carbons (Fsp3) is 0. The molecule has 1 heterocycles. The number of carbonyl (C=O) groups is 1. The van der Waals surface area contributed by atoms with Gasteiger partial charge in [0.2, 0.25) is 0 Å². The average Bonchev–Trinajstić information content (AvgIpc) is 2.69. The molecule has 2 aromatic rings. The molecule has 0 aliphatic heterocycles. The first-order valence-electron chi connectivity index (χ1n) is 4.25. The van der Waals surface area contributed by atoms with Crippen LogP contribution in [0.5, 0.6) is 0 Å². The Labute approximate surface area is 95.8 Å². The summed E-state index contributed by atoms with van der Waals surface area (Å²) in [4.78, 5) is 11.9. The molecule has 0 bridgehead atoms.